The molecule has 162 valence electrons. The summed E-state index contributed by atoms with van der Waals surface area (Å²) < 4.78 is 0. The van der Waals surface area contributed by atoms with Crippen LogP contribution in [-0.2, 0) is 11.2 Å². The Labute approximate surface area is 193 Å². The molecular weight excluding hydrogens is 475 g/mol. The van der Waals surface area contributed by atoms with Crippen LogP contribution in [0.25, 0.3) is 0 Å². The highest BCUT2D eigenvalue weighted by Crippen LogP contribution is 2.26. The highest BCUT2D eigenvalue weighted by atomic mass is 127. The summed E-state index contributed by atoms with van der Waals surface area (Å²) in [6.07, 6.45) is 7.82. The van der Waals surface area contributed by atoms with Crippen molar-refractivity contribution < 1.29 is 4.79 Å². The molecule has 1 atom stereocenters. The lowest BCUT2D eigenvalue weighted by molar-refractivity contribution is -0.135. The molecule has 1 heterocycles. The molecule has 1 saturated carbocycles. The maximum atomic E-state index is 12.8. The van der Waals surface area contributed by atoms with Crippen LogP contribution in [0.1, 0.15) is 56.6 Å². The van der Waals surface area contributed by atoms with E-state index in [2.05, 4.69) is 53.6 Å². The second-order valence-corrected chi connectivity index (χ2v) is 8.19. The summed E-state index contributed by atoms with van der Waals surface area (Å²) in [5.74, 6) is 1.52. The quantitative estimate of drug-likeness (QED) is 0.346. The maximum absolute atomic E-state index is 12.8. The third-order valence-electron chi connectivity index (χ3n) is 6.05. The Balaban J connectivity index is 0.00000300. The first kappa shape index (κ1) is 24.0. The third kappa shape index (κ3) is 7.15. The fourth-order valence-corrected chi connectivity index (χ4v) is 4.38. The topological polar surface area (TPSA) is 56.7 Å². The first-order valence-electron chi connectivity index (χ1n) is 11.1. The lowest BCUT2D eigenvalue weighted by Crippen LogP contribution is -2.45. The Morgan fingerprint density at radius 1 is 1.17 bits per heavy atom. The highest BCUT2D eigenvalue weighted by Gasteiger charge is 2.31. The zero-order chi connectivity index (χ0) is 19.8. The van der Waals surface area contributed by atoms with E-state index >= 15 is 0 Å². The number of likely N-dealkylation sites (tertiary alicyclic amines) is 1. The van der Waals surface area contributed by atoms with E-state index in [1.807, 2.05) is 0 Å². The van der Waals surface area contributed by atoms with Gasteiger partial charge in [-0.3, -0.25) is 9.79 Å². The monoisotopic (exact) mass is 512 g/mol. The average molecular weight is 512 g/mol. The van der Waals surface area contributed by atoms with E-state index in [4.69, 9.17) is 4.99 Å². The Bertz CT molecular complexity index is 673. The van der Waals surface area contributed by atoms with Gasteiger partial charge in [-0.05, 0) is 50.7 Å². The number of benzene rings is 1. The minimum atomic E-state index is 0. The van der Waals surface area contributed by atoms with Crippen molar-refractivity contribution in [3.63, 3.8) is 0 Å². The molecule has 0 spiro atoms. The normalized spacial score (nSPS) is 20.3. The molecule has 1 aromatic carbocycles. The summed E-state index contributed by atoms with van der Waals surface area (Å²) >= 11 is 0. The van der Waals surface area contributed by atoms with E-state index in [0.717, 1.165) is 57.8 Å². The number of hydrogen-bond donors (Lipinski definition) is 2. The maximum Gasteiger partial charge on any atom is 0.225 e. The van der Waals surface area contributed by atoms with E-state index in [1.165, 1.54) is 30.4 Å². The Kier molecular flexibility index (Phi) is 10.2. The molecule has 6 heteroatoms. The van der Waals surface area contributed by atoms with Crippen LogP contribution in [0.5, 0.6) is 0 Å². The van der Waals surface area contributed by atoms with Crippen molar-refractivity contribution in [2.24, 2.45) is 10.9 Å². The first-order chi connectivity index (χ1) is 13.7. The van der Waals surface area contributed by atoms with E-state index in [-0.39, 0.29) is 29.9 Å². The minimum Gasteiger partial charge on any atom is -0.357 e. The van der Waals surface area contributed by atoms with Crippen LogP contribution in [0.15, 0.2) is 29.3 Å². The molecule has 2 N–H and O–H groups in total. The molecule has 0 aromatic heterocycles. The molecule has 1 amide bonds. The van der Waals surface area contributed by atoms with E-state index in [1.54, 1.807) is 0 Å². The van der Waals surface area contributed by atoms with Gasteiger partial charge in [-0.2, -0.15) is 0 Å². The molecule has 2 fully saturated rings. The van der Waals surface area contributed by atoms with Crippen LogP contribution in [-0.4, -0.2) is 49.0 Å². The average Bonchev–Trinajstić information content (AvgIpc) is 3.18. The number of carbonyl (C=O) groups is 1. The molecule has 29 heavy (non-hydrogen) atoms. The molecule has 1 unspecified atom stereocenters. The number of aryl methyl sites for hydroxylation is 1. The van der Waals surface area contributed by atoms with Gasteiger partial charge < -0.3 is 15.5 Å². The summed E-state index contributed by atoms with van der Waals surface area (Å²) in [7, 11) is 0. The number of aliphatic imine (C=N–C) groups is 1. The van der Waals surface area contributed by atoms with Gasteiger partial charge in [0.1, 0.15) is 0 Å². The summed E-state index contributed by atoms with van der Waals surface area (Å²) in [4.78, 5) is 19.6. The lowest BCUT2D eigenvalue weighted by Gasteiger charge is -2.26. The molecule has 1 saturated heterocycles. The van der Waals surface area contributed by atoms with E-state index < -0.39 is 0 Å². The molecule has 5 nitrogen and oxygen atoms in total. The number of nitrogens with one attached hydrogen (secondary N) is 2. The lowest BCUT2D eigenvalue weighted by atomic mass is 9.88. The number of amides is 1. The fourth-order valence-electron chi connectivity index (χ4n) is 4.38. The molecule has 1 aromatic rings. The van der Waals surface area contributed by atoms with Crippen molar-refractivity contribution in [3.8, 4) is 0 Å². The highest BCUT2D eigenvalue weighted by molar-refractivity contribution is 14.0. The third-order valence-corrected chi connectivity index (χ3v) is 6.05. The van der Waals surface area contributed by atoms with Gasteiger partial charge in [-0.25, -0.2) is 0 Å². The number of rotatable bonds is 6. The van der Waals surface area contributed by atoms with Crippen LogP contribution in [0.4, 0.5) is 0 Å². The van der Waals surface area contributed by atoms with Gasteiger partial charge in [-0.1, -0.05) is 43.5 Å². The van der Waals surface area contributed by atoms with Crippen molar-refractivity contribution in [2.75, 3.05) is 26.2 Å². The zero-order valence-electron chi connectivity index (χ0n) is 18.0. The number of nitrogens with zero attached hydrogens (tertiary/aromatic N) is 2. The van der Waals surface area contributed by atoms with Crippen LogP contribution in [0.3, 0.4) is 0 Å². The molecule has 0 radical (unpaired) electrons. The van der Waals surface area contributed by atoms with Gasteiger partial charge in [0, 0.05) is 38.1 Å². The SMILES string of the molecule is CCNC(=NCCc1ccccc1C)NC1CCN(C(=O)C2CCCCC2)C1.I. The van der Waals surface area contributed by atoms with Crippen LogP contribution in [0, 0.1) is 12.8 Å². The second-order valence-electron chi connectivity index (χ2n) is 8.19. The van der Waals surface area contributed by atoms with Gasteiger partial charge >= 0.3 is 0 Å². The van der Waals surface area contributed by atoms with Gasteiger partial charge in [0.25, 0.3) is 0 Å². The summed E-state index contributed by atoms with van der Waals surface area (Å²) in [5, 5.41) is 6.90. The number of hydrogen-bond acceptors (Lipinski definition) is 2. The van der Waals surface area contributed by atoms with E-state index in [0.29, 0.717) is 11.9 Å². The van der Waals surface area contributed by atoms with Gasteiger partial charge in [0.2, 0.25) is 5.91 Å². The largest absolute Gasteiger partial charge is 0.357 e. The number of halogens is 1. The predicted molar refractivity (Wildman–Crippen MR) is 131 cm³/mol. The van der Waals surface area contributed by atoms with E-state index in [9.17, 15) is 4.79 Å². The van der Waals surface area contributed by atoms with Crippen molar-refractivity contribution in [1.29, 1.82) is 0 Å². The summed E-state index contributed by atoms with van der Waals surface area (Å²) in [5.41, 5.74) is 2.68. The van der Waals surface area contributed by atoms with Crippen LogP contribution in [0.2, 0.25) is 0 Å². The summed E-state index contributed by atoms with van der Waals surface area (Å²) in [6.45, 7) is 7.52. The fraction of sp³-hybridized carbons (Fsp3) is 0.652. The Hall–Kier alpha value is -1.31. The number of guanidine groups is 1. The smallest absolute Gasteiger partial charge is 0.225 e. The molecule has 2 aliphatic rings. The second kappa shape index (κ2) is 12.4. The van der Waals surface area contributed by atoms with Crippen molar-refractivity contribution in [2.45, 2.75) is 64.8 Å². The molecule has 3 rings (SSSR count). The van der Waals surface area contributed by atoms with Crippen molar-refractivity contribution in [1.82, 2.24) is 15.5 Å². The van der Waals surface area contributed by atoms with Crippen LogP contribution < -0.4 is 10.6 Å². The Morgan fingerprint density at radius 2 is 1.93 bits per heavy atom. The summed E-state index contributed by atoms with van der Waals surface area (Å²) in [6, 6.07) is 8.79. The molecular formula is C23H37IN4O. The molecule has 1 aliphatic carbocycles. The van der Waals surface area contributed by atoms with Crippen LogP contribution >= 0.6 is 24.0 Å². The van der Waals surface area contributed by atoms with Gasteiger partial charge in [0.05, 0.1) is 0 Å². The van der Waals surface area contributed by atoms with Crippen molar-refractivity contribution >= 4 is 35.8 Å². The van der Waals surface area contributed by atoms with Gasteiger partial charge in [0.15, 0.2) is 5.96 Å². The predicted octanol–water partition coefficient (Wildman–Crippen LogP) is 3.89. The van der Waals surface area contributed by atoms with Crippen molar-refractivity contribution in [3.05, 3.63) is 35.4 Å². The standard InChI is InChI=1S/C23H36N4O.HI/c1-3-24-23(25-15-13-19-10-8-7-9-18(19)2)26-21-14-16-27(17-21)22(28)20-11-5-4-6-12-20;/h7-10,20-21H,3-6,11-17H2,1-2H3,(H2,24,25,26);1H. The Morgan fingerprint density at radius 3 is 2.66 bits per heavy atom. The molecule has 1 aliphatic heterocycles. The number of carbonyl (C=O) groups excluding carboxylic acids is 1. The first-order valence-corrected chi connectivity index (χ1v) is 11.1. The minimum absolute atomic E-state index is 0. The molecule has 0 bridgehead atoms. The zero-order valence-corrected chi connectivity index (χ0v) is 20.3. The van der Waals surface area contributed by atoms with Gasteiger partial charge in [-0.15, -0.1) is 24.0 Å².